The van der Waals surface area contributed by atoms with Crippen LogP contribution in [0, 0.1) is 5.82 Å². The molecular formula is C13H18FNO2. The zero-order valence-electron chi connectivity index (χ0n) is 10.7. The topological polar surface area (TPSA) is 29.5 Å². The number of methoxy groups -OCH3 is 1. The summed E-state index contributed by atoms with van der Waals surface area (Å²) < 4.78 is 18.9. The first-order valence-corrected chi connectivity index (χ1v) is 5.50. The molecule has 1 unspecified atom stereocenters. The van der Waals surface area contributed by atoms with Gasteiger partial charge in [0.2, 0.25) is 0 Å². The molecule has 1 aromatic rings. The number of para-hydroxylation sites is 1. The smallest absolute Gasteiger partial charge is 0.161 e. The molecule has 94 valence electrons. The fourth-order valence-electron chi connectivity index (χ4n) is 1.73. The van der Waals surface area contributed by atoms with Gasteiger partial charge in [-0.05, 0) is 26.0 Å². The van der Waals surface area contributed by atoms with Crippen LogP contribution in [-0.4, -0.2) is 32.6 Å². The van der Waals surface area contributed by atoms with Gasteiger partial charge in [0, 0.05) is 25.8 Å². The van der Waals surface area contributed by atoms with Crippen molar-refractivity contribution in [3.8, 4) is 0 Å². The second-order valence-electron chi connectivity index (χ2n) is 4.11. The number of carbonyl (C=O) groups is 1. The van der Waals surface area contributed by atoms with Crippen LogP contribution in [0.5, 0.6) is 0 Å². The highest BCUT2D eigenvalue weighted by molar-refractivity contribution is 5.99. The monoisotopic (exact) mass is 239 g/mol. The average Bonchev–Trinajstić information content (AvgIpc) is 2.28. The third-order valence-electron chi connectivity index (χ3n) is 2.79. The summed E-state index contributed by atoms with van der Waals surface area (Å²) in [6, 6.07) is 4.54. The molecule has 0 N–H and O–H groups in total. The van der Waals surface area contributed by atoms with Gasteiger partial charge < -0.3 is 9.64 Å². The van der Waals surface area contributed by atoms with Gasteiger partial charge in [0.15, 0.2) is 5.78 Å². The Morgan fingerprint density at radius 2 is 2.18 bits per heavy atom. The molecule has 0 aromatic heterocycles. The van der Waals surface area contributed by atoms with Crippen molar-refractivity contribution in [1.82, 2.24) is 0 Å². The Morgan fingerprint density at radius 1 is 1.53 bits per heavy atom. The molecule has 0 radical (unpaired) electrons. The Kier molecular flexibility index (Phi) is 4.63. The first kappa shape index (κ1) is 13.6. The number of Topliss-reactive ketones (excluding diaryl/α,β-unsaturated/α-hetero) is 1. The lowest BCUT2D eigenvalue weighted by atomic mass is 10.1. The van der Waals surface area contributed by atoms with Gasteiger partial charge in [-0.3, -0.25) is 4.79 Å². The Labute approximate surface area is 101 Å². The SMILES string of the molecule is COCC(C)N(C)c1c(F)cccc1C(C)=O. The van der Waals surface area contributed by atoms with Crippen LogP contribution in [0.25, 0.3) is 0 Å². The van der Waals surface area contributed by atoms with E-state index in [0.717, 1.165) is 0 Å². The van der Waals surface area contributed by atoms with Crippen LogP contribution in [0.1, 0.15) is 24.2 Å². The van der Waals surface area contributed by atoms with Crippen molar-refractivity contribution in [2.75, 3.05) is 25.7 Å². The molecule has 0 saturated carbocycles. The standard InChI is InChI=1S/C13H18FNO2/c1-9(8-17-4)15(3)13-11(10(2)16)6-5-7-12(13)14/h5-7,9H,8H2,1-4H3. The van der Waals surface area contributed by atoms with Crippen molar-refractivity contribution >= 4 is 11.5 Å². The van der Waals surface area contributed by atoms with Crippen molar-refractivity contribution in [3.05, 3.63) is 29.6 Å². The highest BCUT2D eigenvalue weighted by Gasteiger charge is 2.19. The fraction of sp³-hybridized carbons (Fsp3) is 0.462. The number of carbonyl (C=O) groups excluding carboxylic acids is 1. The Morgan fingerprint density at radius 3 is 2.71 bits per heavy atom. The van der Waals surface area contributed by atoms with Crippen molar-refractivity contribution in [3.63, 3.8) is 0 Å². The second-order valence-corrected chi connectivity index (χ2v) is 4.11. The zero-order valence-corrected chi connectivity index (χ0v) is 10.7. The maximum absolute atomic E-state index is 13.8. The van der Waals surface area contributed by atoms with E-state index in [-0.39, 0.29) is 17.6 Å². The molecule has 0 amide bonds. The molecule has 3 nitrogen and oxygen atoms in total. The third-order valence-corrected chi connectivity index (χ3v) is 2.79. The molecule has 0 fully saturated rings. The summed E-state index contributed by atoms with van der Waals surface area (Å²) in [5.74, 6) is -0.529. The predicted molar refractivity (Wildman–Crippen MR) is 66.1 cm³/mol. The molecule has 17 heavy (non-hydrogen) atoms. The molecule has 1 atom stereocenters. The van der Waals surface area contributed by atoms with E-state index in [9.17, 15) is 9.18 Å². The summed E-state index contributed by atoms with van der Waals surface area (Å²) >= 11 is 0. The minimum atomic E-state index is -0.386. The number of ether oxygens (including phenoxy) is 1. The fourth-order valence-corrected chi connectivity index (χ4v) is 1.73. The van der Waals surface area contributed by atoms with Gasteiger partial charge in [-0.2, -0.15) is 0 Å². The minimum absolute atomic E-state index is 0.00463. The molecular weight excluding hydrogens is 221 g/mol. The van der Waals surface area contributed by atoms with Gasteiger partial charge >= 0.3 is 0 Å². The molecule has 0 bridgehead atoms. The van der Waals surface area contributed by atoms with Gasteiger partial charge in [-0.25, -0.2) is 4.39 Å². The lowest BCUT2D eigenvalue weighted by molar-refractivity contribution is 0.101. The quantitative estimate of drug-likeness (QED) is 0.739. The van der Waals surface area contributed by atoms with E-state index in [4.69, 9.17) is 4.74 Å². The van der Waals surface area contributed by atoms with E-state index in [0.29, 0.717) is 17.9 Å². The first-order chi connectivity index (χ1) is 7.99. The molecule has 1 rings (SSSR count). The van der Waals surface area contributed by atoms with E-state index in [2.05, 4.69) is 0 Å². The molecule has 0 saturated heterocycles. The number of hydrogen-bond acceptors (Lipinski definition) is 3. The van der Waals surface area contributed by atoms with Crippen molar-refractivity contribution in [2.24, 2.45) is 0 Å². The third kappa shape index (κ3) is 3.03. The largest absolute Gasteiger partial charge is 0.383 e. The summed E-state index contributed by atoms with van der Waals surface area (Å²) in [6.45, 7) is 3.83. The number of hydrogen-bond donors (Lipinski definition) is 0. The molecule has 0 spiro atoms. The number of halogens is 1. The van der Waals surface area contributed by atoms with Gasteiger partial charge in [-0.1, -0.05) is 6.07 Å². The summed E-state index contributed by atoms with van der Waals surface area (Å²) in [7, 11) is 3.35. The van der Waals surface area contributed by atoms with E-state index in [1.165, 1.54) is 13.0 Å². The van der Waals surface area contributed by atoms with Gasteiger partial charge in [0.1, 0.15) is 5.82 Å². The zero-order chi connectivity index (χ0) is 13.0. The van der Waals surface area contributed by atoms with Crippen LogP contribution in [0.15, 0.2) is 18.2 Å². The second kappa shape index (κ2) is 5.77. The van der Waals surface area contributed by atoms with Gasteiger partial charge in [0.25, 0.3) is 0 Å². The average molecular weight is 239 g/mol. The van der Waals surface area contributed by atoms with Crippen LogP contribution < -0.4 is 4.90 Å². The molecule has 0 aliphatic carbocycles. The van der Waals surface area contributed by atoms with Crippen molar-refractivity contribution < 1.29 is 13.9 Å². The number of anilines is 1. The van der Waals surface area contributed by atoms with E-state index in [1.54, 1.807) is 31.2 Å². The molecule has 0 heterocycles. The normalized spacial score (nSPS) is 12.3. The Bertz CT molecular complexity index is 406. The first-order valence-electron chi connectivity index (χ1n) is 5.50. The lowest BCUT2D eigenvalue weighted by Crippen LogP contribution is -2.34. The highest BCUT2D eigenvalue weighted by Crippen LogP contribution is 2.25. The molecule has 0 aliphatic heterocycles. The Hall–Kier alpha value is -1.42. The van der Waals surface area contributed by atoms with Crippen LogP contribution in [-0.2, 0) is 4.74 Å². The summed E-state index contributed by atoms with van der Waals surface area (Å²) in [6.07, 6.45) is 0. The summed E-state index contributed by atoms with van der Waals surface area (Å²) in [5.41, 5.74) is 0.736. The highest BCUT2D eigenvalue weighted by atomic mass is 19.1. The van der Waals surface area contributed by atoms with Gasteiger partial charge in [0.05, 0.1) is 12.3 Å². The number of benzene rings is 1. The molecule has 1 aromatic carbocycles. The minimum Gasteiger partial charge on any atom is -0.383 e. The number of ketones is 1. The molecule has 4 heteroatoms. The van der Waals surface area contributed by atoms with Crippen LogP contribution in [0.3, 0.4) is 0 Å². The summed E-state index contributed by atoms with van der Waals surface area (Å²) in [5, 5.41) is 0. The predicted octanol–water partition coefficient (Wildman–Crippen LogP) is 2.50. The van der Waals surface area contributed by atoms with Crippen LogP contribution in [0.4, 0.5) is 10.1 Å². The van der Waals surface area contributed by atoms with Crippen molar-refractivity contribution in [1.29, 1.82) is 0 Å². The Balaban J connectivity index is 3.15. The van der Waals surface area contributed by atoms with Gasteiger partial charge in [-0.15, -0.1) is 0 Å². The van der Waals surface area contributed by atoms with Crippen LogP contribution >= 0.6 is 0 Å². The lowest BCUT2D eigenvalue weighted by Gasteiger charge is -2.28. The number of likely N-dealkylation sites (N-methyl/N-ethyl adjacent to an activating group) is 1. The number of nitrogens with zero attached hydrogens (tertiary/aromatic N) is 1. The summed E-state index contributed by atoms with van der Waals surface area (Å²) in [4.78, 5) is 13.2. The van der Waals surface area contributed by atoms with Crippen molar-refractivity contribution in [2.45, 2.75) is 19.9 Å². The number of rotatable bonds is 5. The maximum Gasteiger partial charge on any atom is 0.161 e. The maximum atomic E-state index is 13.8. The van der Waals surface area contributed by atoms with Crippen LogP contribution in [0.2, 0.25) is 0 Å². The van der Waals surface area contributed by atoms with E-state index < -0.39 is 0 Å². The van der Waals surface area contributed by atoms with E-state index >= 15 is 0 Å². The van der Waals surface area contributed by atoms with E-state index in [1.807, 2.05) is 6.92 Å². The molecule has 0 aliphatic rings.